The monoisotopic (exact) mass is 383 g/mol. The van der Waals surface area contributed by atoms with Crippen LogP contribution in [0.1, 0.15) is 44.1 Å². The first-order valence-corrected chi connectivity index (χ1v) is 10.1. The molecule has 1 aromatic carbocycles. The van der Waals surface area contributed by atoms with E-state index in [0.29, 0.717) is 11.5 Å². The zero-order valence-electron chi connectivity index (χ0n) is 15.8. The molecule has 4 fully saturated rings. The fraction of sp³-hybridized carbons (Fsp3) is 0.545. The average molecular weight is 383 g/mol. The second-order valence-electron chi connectivity index (χ2n) is 8.80. The Hall–Kier alpha value is -2.50. The normalized spacial score (nSPS) is 31.9. The molecule has 0 aromatic heterocycles. The van der Waals surface area contributed by atoms with Crippen LogP contribution >= 0.6 is 0 Å². The molecule has 6 heteroatoms. The summed E-state index contributed by atoms with van der Waals surface area (Å²) in [5, 5.41) is 3.21. The summed E-state index contributed by atoms with van der Waals surface area (Å²) in [5.41, 5.74) is 0.750. The van der Waals surface area contributed by atoms with Crippen LogP contribution in [0, 0.1) is 17.8 Å². The molecule has 5 aliphatic rings. The maximum atomic E-state index is 12.4. The maximum Gasteiger partial charge on any atom is 0.331 e. The van der Waals surface area contributed by atoms with Gasteiger partial charge in [-0.25, -0.2) is 4.79 Å². The summed E-state index contributed by atoms with van der Waals surface area (Å²) < 4.78 is 15.7. The Morgan fingerprint density at radius 2 is 1.75 bits per heavy atom. The van der Waals surface area contributed by atoms with Gasteiger partial charge in [-0.2, -0.15) is 0 Å². The van der Waals surface area contributed by atoms with Crippen LogP contribution < -0.4 is 14.8 Å². The summed E-state index contributed by atoms with van der Waals surface area (Å²) in [5.74, 6) is 2.92. The minimum Gasteiger partial charge on any atom is -0.454 e. The van der Waals surface area contributed by atoms with E-state index in [1.807, 2.05) is 6.07 Å². The molecule has 1 heterocycles. The van der Waals surface area contributed by atoms with Gasteiger partial charge in [-0.1, -0.05) is 6.07 Å². The minimum atomic E-state index is -0.529. The van der Waals surface area contributed by atoms with Crippen molar-refractivity contribution in [1.82, 2.24) is 5.32 Å². The number of ether oxygens (including phenoxy) is 3. The molecule has 4 bridgehead atoms. The van der Waals surface area contributed by atoms with Crippen molar-refractivity contribution in [2.24, 2.45) is 17.8 Å². The smallest absolute Gasteiger partial charge is 0.331 e. The zero-order valence-corrected chi connectivity index (χ0v) is 15.8. The summed E-state index contributed by atoms with van der Waals surface area (Å²) in [4.78, 5) is 24.4. The zero-order chi connectivity index (χ0) is 19.1. The molecule has 28 heavy (non-hydrogen) atoms. The summed E-state index contributed by atoms with van der Waals surface area (Å²) in [6.07, 6.45) is 10.2. The predicted octanol–water partition coefficient (Wildman–Crippen LogP) is 3.06. The summed E-state index contributed by atoms with van der Waals surface area (Å²) in [6, 6.07) is 5.43. The van der Waals surface area contributed by atoms with Gasteiger partial charge in [0.2, 0.25) is 6.79 Å². The fourth-order valence-electron chi connectivity index (χ4n) is 5.96. The molecule has 6 nitrogen and oxygen atoms in total. The van der Waals surface area contributed by atoms with E-state index in [1.165, 1.54) is 25.3 Å². The van der Waals surface area contributed by atoms with E-state index in [0.717, 1.165) is 42.6 Å². The van der Waals surface area contributed by atoms with E-state index < -0.39 is 5.97 Å². The van der Waals surface area contributed by atoms with Crippen molar-refractivity contribution in [3.63, 3.8) is 0 Å². The lowest BCUT2D eigenvalue weighted by Crippen LogP contribution is -2.60. The van der Waals surface area contributed by atoms with Gasteiger partial charge in [0, 0.05) is 11.6 Å². The molecular formula is C22H25NO5. The fourth-order valence-corrected chi connectivity index (χ4v) is 5.96. The van der Waals surface area contributed by atoms with Crippen LogP contribution in [0.15, 0.2) is 24.3 Å². The first kappa shape index (κ1) is 17.6. The number of fused-ring (bicyclic) bond motifs is 1. The highest BCUT2D eigenvalue weighted by Crippen LogP contribution is 2.55. The van der Waals surface area contributed by atoms with E-state index in [9.17, 15) is 9.59 Å². The van der Waals surface area contributed by atoms with Gasteiger partial charge >= 0.3 is 5.97 Å². The van der Waals surface area contributed by atoms with E-state index in [2.05, 4.69) is 5.32 Å². The Bertz CT molecular complexity index is 795. The quantitative estimate of drug-likeness (QED) is 0.625. The van der Waals surface area contributed by atoms with Gasteiger partial charge in [-0.3, -0.25) is 4.79 Å². The maximum absolute atomic E-state index is 12.4. The van der Waals surface area contributed by atoms with Crippen LogP contribution in [-0.4, -0.2) is 30.8 Å². The molecule has 0 unspecified atom stereocenters. The average Bonchev–Trinajstić information content (AvgIpc) is 3.11. The molecule has 0 radical (unpaired) electrons. The van der Waals surface area contributed by atoms with Crippen LogP contribution in [0.5, 0.6) is 11.5 Å². The largest absolute Gasteiger partial charge is 0.454 e. The Balaban J connectivity index is 1.12. The first-order chi connectivity index (χ1) is 13.6. The van der Waals surface area contributed by atoms with Gasteiger partial charge in [-0.15, -0.1) is 0 Å². The second-order valence-corrected chi connectivity index (χ2v) is 8.80. The Morgan fingerprint density at radius 3 is 2.46 bits per heavy atom. The number of carbonyl (C=O) groups is 2. The van der Waals surface area contributed by atoms with E-state index in [1.54, 1.807) is 18.2 Å². The molecule has 0 saturated heterocycles. The van der Waals surface area contributed by atoms with Crippen LogP contribution in [0.3, 0.4) is 0 Å². The molecule has 4 saturated carbocycles. The van der Waals surface area contributed by atoms with Crippen molar-refractivity contribution in [2.45, 2.75) is 44.1 Å². The highest BCUT2D eigenvalue weighted by Gasteiger charge is 2.51. The van der Waals surface area contributed by atoms with Gasteiger partial charge in [0.1, 0.15) is 0 Å². The Labute approximate surface area is 164 Å². The van der Waals surface area contributed by atoms with Crippen molar-refractivity contribution in [2.75, 3.05) is 13.4 Å². The van der Waals surface area contributed by atoms with Crippen LogP contribution in [0.2, 0.25) is 0 Å². The molecule has 6 rings (SSSR count). The van der Waals surface area contributed by atoms with Crippen LogP contribution in [-0.2, 0) is 14.3 Å². The van der Waals surface area contributed by atoms with Gasteiger partial charge in [0.25, 0.3) is 5.91 Å². The van der Waals surface area contributed by atoms with Gasteiger partial charge in [0.15, 0.2) is 18.1 Å². The van der Waals surface area contributed by atoms with Crippen molar-refractivity contribution < 1.29 is 23.8 Å². The van der Waals surface area contributed by atoms with E-state index in [4.69, 9.17) is 14.2 Å². The Kier molecular flexibility index (Phi) is 4.29. The molecule has 1 aliphatic heterocycles. The summed E-state index contributed by atoms with van der Waals surface area (Å²) in [7, 11) is 0. The Morgan fingerprint density at radius 1 is 1.07 bits per heavy atom. The van der Waals surface area contributed by atoms with Crippen molar-refractivity contribution in [1.29, 1.82) is 0 Å². The SMILES string of the molecule is O=C(COC(=O)/C=C/c1ccc2c(c1)OCO2)NC12CC3CC(CC(C3)C1)C2. The number of rotatable bonds is 5. The third-order valence-electron chi connectivity index (χ3n) is 6.60. The molecule has 0 atom stereocenters. The lowest BCUT2D eigenvalue weighted by molar-refractivity contribution is -0.145. The van der Waals surface area contributed by atoms with E-state index >= 15 is 0 Å². The van der Waals surface area contributed by atoms with Gasteiger partial charge in [0.05, 0.1) is 0 Å². The molecule has 1 aromatic rings. The molecule has 148 valence electrons. The predicted molar refractivity (Wildman–Crippen MR) is 102 cm³/mol. The number of esters is 1. The van der Waals surface area contributed by atoms with Crippen LogP contribution in [0.4, 0.5) is 0 Å². The van der Waals surface area contributed by atoms with Crippen molar-refractivity contribution in [3.8, 4) is 11.5 Å². The van der Waals surface area contributed by atoms with Crippen molar-refractivity contribution in [3.05, 3.63) is 29.8 Å². The third-order valence-corrected chi connectivity index (χ3v) is 6.60. The lowest BCUT2D eigenvalue weighted by atomic mass is 9.53. The number of carbonyl (C=O) groups excluding carboxylic acids is 2. The van der Waals surface area contributed by atoms with E-state index in [-0.39, 0.29) is 24.8 Å². The summed E-state index contributed by atoms with van der Waals surface area (Å²) >= 11 is 0. The number of hydrogen-bond acceptors (Lipinski definition) is 5. The molecule has 1 N–H and O–H groups in total. The lowest BCUT2D eigenvalue weighted by Gasteiger charge is -2.56. The molecule has 1 amide bonds. The number of hydrogen-bond donors (Lipinski definition) is 1. The highest BCUT2D eigenvalue weighted by molar-refractivity contribution is 5.89. The van der Waals surface area contributed by atoms with Crippen molar-refractivity contribution >= 4 is 18.0 Å². The topological polar surface area (TPSA) is 73.9 Å². The second kappa shape index (κ2) is 6.83. The molecular weight excluding hydrogens is 358 g/mol. The number of amides is 1. The molecule has 0 spiro atoms. The highest BCUT2D eigenvalue weighted by atomic mass is 16.7. The number of benzene rings is 1. The number of nitrogens with one attached hydrogen (secondary N) is 1. The third kappa shape index (κ3) is 3.48. The van der Waals surface area contributed by atoms with Gasteiger partial charge < -0.3 is 19.5 Å². The summed E-state index contributed by atoms with van der Waals surface area (Å²) in [6.45, 7) is -0.0184. The standard InChI is InChI=1S/C22H25NO5/c24-20(23-22-9-15-5-16(10-22)7-17(6-15)11-22)12-26-21(25)4-2-14-1-3-18-19(8-14)28-13-27-18/h1-4,8,15-17H,5-7,9-13H2,(H,23,24)/b4-2+. The first-order valence-electron chi connectivity index (χ1n) is 10.1. The molecule has 4 aliphatic carbocycles. The van der Waals surface area contributed by atoms with Crippen LogP contribution in [0.25, 0.3) is 6.08 Å². The van der Waals surface area contributed by atoms with Gasteiger partial charge in [-0.05, 0) is 80.1 Å². The minimum absolute atomic E-state index is 0.0550.